The van der Waals surface area contributed by atoms with Gasteiger partial charge in [0, 0.05) is 12.3 Å². The van der Waals surface area contributed by atoms with Gasteiger partial charge in [-0.3, -0.25) is 4.79 Å². The Labute approximate surface area is 291 Å². The normalized spacial score (nSPS) is 12.6. The zero-order chi connectivity index (χ0) is 35.7. The Morgan fingerprint density at radius 1 is 0.780 bits per heavy atom. The minimum atomic E-state index is -1.25. The number of amides is 1. The molecule has 50 heavy (non-hydrogen) atoms. The molecule has 9 heteroatoms. The van der Waals surface area contributed by atoms with Crippen LogP contribution in [0.1, 0.15) is 52.0 Å². The van der Waals surface area contributed by atoms with Gasteiger partial charge in [-0.2, -0.15) is 10.2 Å². The SMILES string of the molecule is COC(=O)C(NC(C)=O)C(C)Cc1ccccc1C(Cc1ccc(N=Nc2ccc(O)c(C(=O)O)c2)cc1)(c1ccccc1)c1ccccc1. The summed E-state index contributed by atoms with van der Waals surface area (Å²) in [7, 11) is 1.32. The number of aromatic carboxylic acids is 1. The molecule has 9 nitrogen and oxygen atoms in total. The molecule has 0 aromatic heterocycles. The molecule has 0 bridgehead atoms. The Morgan fingerprint density at radius 3 is 1.92 bits per heavy atom. The molecule has 0 fully saturated rings. The topological polar surface area (TPSA) is 138 Å². The molecule has 0 heterocycles. The van der Waals surface area contributed by atoms with Crippen LogP contribution in [0.15, 0.2) is 138 Å². The van der Waals surface area contributed by atoms with Crippen LogP contribution >= 0.6 is 0 Å². The number of esters is 1. The second kappa shape index (κ2) is 15.9. The molecule has 5 rings (SSSR count). The number of nitrogens with zero attached hydrogens (tertiary/aromatic N) is 2. The van der Waals surface area contributed by atoms with E-state index in [4.69, 9.17) is 4.74 Å². The van der Waals surface area contributed by atoms with Crippen molar-refractivity contribution in [1.29, 1.82) is 0 Å². The zero-order valence-electron chi connectivity index (χ0n) is 28.1. The van der Waals surface area contributed by atoms with Crippen LogP contribution in [0.3, 0.4) is 0 Å². The molecule has 0 aliphatic heterocycles. The molecule has 2 unspecified atom stereocenters. The fraction of sp³-hybridized carbons (Fsp3) is 0.195. The Balaban J connectivity index is 1.58. The summed E-state index contributed by atoms with van der Waals surface area (Å²) in [6.45, 7) is 3.33. The molecule has 0 aliphatic rings. The Hall–Kier alpha value is -6.09. The first-order valence-corrected chi connectivity index (χ1v) is 16.2. The number of phenols is 1. The summed E-state index contributed by atoms with van der Waals surface area (Å²) in [4.78, 5) is 36.2. The van der Waals surface area contributed by atoms with E-state index in [0.717, 1.165) is 27.8 Å². The van der Waals surface area contributed by atoms with E-state index in [-0.39, 0.29) is 23.1 Å². The lowest BCUT2D eigenvalue weighted by Gasteiger charge is -2.38. The Kier molecular flexibility index (Phi) is 11.2. The first-order chi connectivity index (χ1) is 24.1. The van der Waals surface area contributed by atoms with E-state index >= 15 is 0 Å². The van der Waals surface area contributed by atoms with Crippen LogP contribution < -0.4 is 5.32 Å². The summed E-state index contributed by atoms with van der Waals surface area (Å²) in [6, 6.07) is 39.8. The van der Waals surface area contributed by atoms with Crippen LogP contribution in [-0.2, 0) is 32.6 Å². The number of hydrogen-bond acceptors (Lipinski definition) is 7. The van der Waals surface area contributed by atoms with Crippen LogP contribution in [0.2, 0.25) is 0 Å². The Bertz CT molecular complexity index is 1940. The number of carbonyl (C=O) groups is 3. The molecule has 0 saturated heterocycles. The predicted molar refractivity (Wildman–Crippen MR) is 191 cm³/mol. The third-order valence-electron chi connectivity index (χ3n) is 8.83. The molecule has 0 aliphatic carbocycles. The van der Waals surface area contributed by atoms with Gasteiger partial charge in [-0.1, -0.05) is 104 Å². The van der Waals surface area contributed by atoms with Crippen molar-refractivity contribution < 1.29 is 29.3 Å². The second-order valence-corrected chi connectivity index (χ2v) is 12.2. The fourth-order valence-electron chi connectivity index (χ4n) is 6.44. The van der Waals surface area contributed by atoms with Crippen molar-refractivity contribution in [1.82, 2.24) is 5.32 Å². The van der Waals surface area contributed by atoms with Gasteiger partial charge < -0.3 is 20.3 Å². The van der Waals surface area contributed by atoms with Crippen molar-refractivity contribution in [3.63, 3.8) is 0 Å². The third-order valence-corrected chi connectivity index (χ3v) is 8.83. The molecule has 3 N–H and O–H groups in total. The number of nitrogens with one attached hydrogen (secondary N) is 1. The number of benzene rings is 5. The maximum atomic E-state index is 12.8. The largest absolute Gasteiger partial charge is 0.507 e. The maximum Gasteiger partial charge on any atom is 0.339 e. The average Bonchev–Trinajstić information content (AvgIpc) is 3.13. The Morgan fingerprint density at radius 2 is 1.34 bits per heavy atom. The number of aromatic hydroxyl groups is 1. The van der Waals surface area contributed by atoms with Crippen LogP contribution in [0.25, 0.3) is 0 Å². The first kappa shape index (κ1) is 35.2. The predicted octanol–water partition coefficient (Wildman–Crippen LogP) is 7.94. The van der Waals surface area contributed by atoms with Gasteiger partial charge in [-0.15, -0.1) is 0 Å². The van der Waals surface area contributed by atoms with Gasteiger partial charge in [-0.05, 0) is 76.9 Å². The quantitative estimate of drug-likeness (QED) is 0.0661. The number of carboxylic acids is 1. The molecule has 5 aromatic rings. The van der Waals surface area contributed by atoms with E-state index < -0.39 is 23.4 Å². The van der Waals surface area contributed by atoms with Gasteiger partial charge in [-0.25, -0.2) is 9.59 Å². The van der Waals surface area contributed by atoms with Gasteiger partial charge in [0.25, 0.3) is 0 Å². The van der Waals surface area contributed by atoms with Crippen molar-refractivity contribution in [2.45, 2.75) is 38.1 Å². The summed E-state index contributed by atoms with van der Waals surface area (Å²) < 4.78 is 5.06. The van der Waals surface area contributed by atoms with Crippen LogP contribution in [0.5, 0.6) is 5.75 Å². The van der Waals surface area contributed by atoms with E-state index in [2.05, 4.69) is 51.9 Å². The monoisotopic (exact) mass is 669 g/mol. The van der Waals surface area contributed by atoms with E-state index in [1.807, 2.05) is 79.7 Å². The van der Waals surface area contributed by atoms with Gasteiger partial charge in [0.05, 0.1) is 18.5 Å². The summed E-state index contributed by atoms with van der Waals surface area (Å²) in [5.41, 5.74) is 5.28. The van der Waals surface area contributed by atoms with E-state index in [1.165, 1.54) is 32.2 Å². The number of rotatable bonds is 13. The van der Waals surface area contributed by atoms with Gasteiger partial charge in [0.2, 0.25) is 5.91 Å². The summed E-state index contributed by atoms with van der Waals surface area (Å²) in [5, 5.41) is 30.4. The highest BCUT2D eigenvalue weighted by Crippen LogP contribution is 2.44. The lowest BCUT2D eigenvalue weighted by atomic mass is 9.64. The van der Waals surface area contributed by atoms with E-state index in [9.17, 15) is 24.6 Å². The third kappa shape index (κ3) is 7.95. The van der Waals surface area contributed by atoms with Crippen LogP contribution in [-0.4, -0.2) is 41.2 Å². The van der Waals surface area contributed by atoms with Crippen molar-refractivity contribution in [2.24, 2.45) is 16.1 Å². The highest BCUT2D eigenvalue weighted by atomic mass is 16.5. The molecule has 2 atom stereocenters. The van der Waals surface area contributed by atoms with E-state index in [0.29, 0.717) is 24.2 Å². The first-order valence-electron chi connectivity index (χ1n) is 16.2. The zero-order valence-corrected chi connectivity index (χ0v) is 28.1. The van der Waals surface area contributed by atoms with Gasteiger partial charge in [0.1, 0.15) is 17.4 Å². The number of carboxylic acid groups (broad SMARTS) is 1. The highest BCUT2D eigenvalue weighted by Gasteiger charge is 2.39. The molecule has 0 saturated carbocycles. The van der Waals surface area contributed by atoms with Crippen LogP contribution in [0, 0.1) is 5.92 Å². The number of carbonyl (C=O) groups excluding carboxylic acids is 2. The fourth-order valence-corrected chi connectivity index (χ4v) is 6.44. The van der Waals surface area contributed by atoms with Crippen molar-refractivity contribution in [3.8, 4) is 5.75 Å². The highest BCUT2D eigenvalue weighted by molar-refractivity contribution is 5.91. The summed E-state index contributed by atoms with van der Waals surface area (Å²) >= 11 is 0. The summed E-state index contributed by atoms with van der Waals surface area (Å²) in [5.74, 6) is -2.67. The number of azo groups is 1. The number of methoxy groups -OCH3 is 1. The second-order valence-electron chi connectivity index (χ2n) is 12.2. The molecule has 0 radical (unpaired) electrons. The average molecular weight is 670 g/mol. The van der Waals surface area contributed by atoms with Gasteiger partial charge >= 0.3 is 11.9 Å². The van der Waals surface area contributed by atoms with Crippen molar-refractivity contribution >= 4 is 29.2 Å². The molecular weight excluding hydrogens is 630 g/mol. The molecule has 5 aromatic carbocycles. The van der Waals surface area contributed by atoms with Crippen LogP contribution in [0.4, 0.5) is 11.4 Å². The molecule has 0 spiro atoms. The van der Waals surface area contributed by atoms with Crippen molar-refractivity contribution in [3.05, 3.63) is 161 Å². The lowest BCUT2D eigenvalue weighted by Crippen LogP contribution is -2.45. The summed E-state index contributed by atoms with van der Waals surface area (Å²) in [6.07, 6.45) is 1.08. The van der Waals surface area contributed by atoms with E-state index in [1.54, 1.807) is 0 Å². The molecule has 254 valence electrons. The van der Waals surface area contributed by atoms with Crippen molar-refractivity contribution in [2.75, 3.05) is 7.11 Å². The molecular formula is C41H39N3O6. The standard InChI is InChI=1S/C41H39N3O6/c1-27(38(40(49)50-3)42-28(2)45)24-30-12-10-11-17-36(30)41(31-13-6-4-7-14-31,32-15-8-5-9-16-32)26-29-18-20-33(21-19-29)43-44-34-22-23-37(46)35(25-34)39(47)48/h4-23,25,27,38,46H,24,26H2,1-3H3,(H,42,45)(H,47,48). The maximum absolute atomic E-state index is 12.8. The number of hydrogen-bond donors (Lipinski definition) is 3. The lowest BCUT2D eigenvalue weighted by molar-refractivity contribution is -0.146. The molecule has 1 amide bonds. The minimum Gasteiger partial charge on any atom is -0.507 e. The minimum absolute atomic E-state index is 0.249. The van der Waals surface area contributed by atoms with Gasteiger partial charge in [0.15, 0.2) is 0 Å². The number of ether oxygens (including phenoxy) is 1. The smallest absolute Gasteiger partial charge is 0.339 e.